The molecule has 0 unspecified atom stereocenters. The SMILES string of the molecule is CNCCCN(C)S(=O)(=O)N(C)c1cccc(C)c1. The zero-order chi connectivity index (χ0) is 14.5. The highest BCUT2D eigenvalue weighted by molar-refractivity contribution is 7.90. The van der Waals surface area contributed by atoms with E-state index < -0.39 is 10.2 Å². The Morgan fingerprint density at radius 1 is 1.26 bits per heavy atom. The minimum absolute atomic E-state index is 0.499. The molecule has 1 rings (SSSR count). The van der Waals surface area contributed by atoms with Crippen molar-refractivity contribution in [2.75, 3.05) is 38.5 Å². The average Bonchev–Trinajstić information content (AvgIpc) is 2.37. The van der Waals surface area contributed by atoms with E-state index in [1.54, 1.807) is 20.2 Å². The molecule has 0 aromatic heterocycles. The first-order chi connectivity index (χ1) is 8.89. The van der Waals surface area contributed by atoms with Gasteiger partial charge < -0.3 is 5.32 Å². The van der Waals surface area contributed by atoms with Crippen LogP contribution in [-0.4, -0.2) is 47.0 Å². The zero-order valence-corrected chi connectivity index (χ0v) is 12.9. The highest BCUT2D eigenvalue weighted by atomic mass is 32.2. The Hall–Kier alpha value is -1.11. The van der Waals surface area contributed by atoms with Crippen LogP contribution in [0.3, 0.4) is 0 Å². The van der Waals surface area contributed by atoms with Gasteiger partial charge in [-0.3, -0.25) is 4.31 Å². The first-order valence-corrected chi connectivity index (χ1v) is 7.70. The van der Waals surface area contributed by atoms with Crippen molar-refractivity contribution in [1.29, 1.82) is 0 Å². The minimum Gasteiger partial charge on any atom is -0.320 e. The molecule has 0 aliphatic heterocycles. The fraction of sp³-hybridized carbons (Fsp3) is 0.538. The third-order valence-electron chi connectivity index (χ3n) is 3.00. The van der Waals surface area contributed by atoms with E-state index in [1.807, 2.05) is 32.2 Å². The number of anilines is 1. The summed E-state index contributed by atoms with van der Waals surface area (Å²) in [5.41, 5.74) is 1.72. The second kappa shape index (κ2) is 6.88. The Morgan fingerprint density at radius 2 is 1.95 bits per heavy atom. The Labute approximate surface area is 116 Å². The summed E-state index contributed by atoms with van der Waals surface area (Å²) in [6, 6.07) is 7.46. The van der Waals surface area contributed by atoms with Crippen LogP contribution in [0.4, 0.5) is 5.69 Å². The molecule has 1 aromatic carbocycles. The van der Waals surface area contributed by atoms with E-state index in [4.69, 9.17) is 0 Å². The molecule has 0 fully saturated rings. The van der Waals surface area contributed by atoms with E-state index in [1.165, 1.54) is 8.61 Å². The lowest BCUT2D eigenvalue weighted by Crippen LogP contribution is -2.40. The average molecular weight is 285 g/mol. The van der Waals surface area contributed by atoms with Gasteiger partial charge in [0.2, 0.25) is 0 Å². The summed E-state index contributed by atoms with van der Waals surface area (Å²) in [4.78, 5) is 0. The second-order valence-corrected chi connectivity index (χ2v) is 6.66. The molecule has 0 bridgehead atoms. The Balaban J connectivity index is 2.81. The third kappa shape index (κ3) is 4.19. The smallest absolute Gasteiger partial charge is 0.303 e. The van der Waals surface area contributed by atoms with Crippen molar-refractivity contribution in [2.24, 2.45) is 0 Å². The summed E-state index contributed by atoms with van der Waals surface area (Å²) < 4.78 is 27.4. The van der Waals surface area contributed by atoms with E-state index in [2.05, 4.69) is 5.32 Å². The van der Waals surface area contributed by atoms with Crippen molar-refractivity contribution in [3.63, 3.8) is 0 Å². The van der Waals surface area contributed by atoms with Gasteiger partial charge in [0.15, 0.2) is 0 Å². The van der Waals surface area contributed by atoms with Gasteiger partial charge in [-0.2, -0.15) is 12.7 Å². The summed E-state index contributed by atoms with van der Waals surface area (Å²) in [6.45, 7) is 3.24. The first kappa shape index (κ1) is 15.9. The molecule has 0 heterocycles. The fourth-order valence-corrected chi connectivity index (χ4v) is 2.92. The van der Waals surface area contributed by atoms with Crippen LogP contribution in [0.5, 0.6) is 0 Å². The van der Waals surface area contributed by atoms with Crippen LogP contribution >= 0.6 is 0 Å². The van der Waals surface area contributed by atoms with Gasteiger partial charge in [0.05, 0.1) is 5.69 Å². The summed E-state index contributed by atoms with van der Waals surface area (Å²) in [5.74, 6) is 0. The van der Waals surface area contributed by atoms with Gasteiger partial charge in [0.25, 0.3) is 0 Å². The van der Waals surface area contributed by atoms with Crippen LogP contribution in [-0.2, 0) is 10.2 Å². The molecule has 0 aliphatic carbocycles. The van der Waals surface area contributed by atoms with E-state index in [-0.39, 0.29) is 0 Å². The van der Waals surface area contributed by atoms with Gasteiger partial charge in [-0.05, 0) is 44.6 Å². The Kier molecular flexibility index (Phi) is 5.78. The predicted octanol–water partition coefficient (Wildman–Crippen LogP) is 1.22. The molecule has 0 saturated carbocycles. The molecule has 0 spiro atoms. The molecule has 5 nitrogen and oxygen atoms in total. The molecule has 0 radical (unpaired) electrons. The van der Waals surface area contributed by atoms with Crippen molar-refractivity contribution in [3.05, 3.63) is 29.8 Å². The van der Waals surface area contributed by atoms with Gasteiger partial charge in [-0.1, -0.05) is 12.1 Å². The maximum absolute atomic E-state index is 12.4. The van der Waals surface area contributed by atoms with E-state index >= 15 is 0 Å². The number of hydrogen-bond donors (Lipinski definition) is 1. The monoisotopic (exact) mass is 285 g/mol. The normalized spacial score (nSPS) is 11.8. The van der Waals surface area contributed by atoms with Crippen molar-refractivity contribution in [2.45, 2.75) is 13.3 Å². The zero-order valence-electron chi connectivity index (χ0n) is 12.0. The molecular formula is C13H23N3O2S. The highest BCUT2D eigenvalue weighted by Crippen LogP contribution is 2.19. The Morgan fingerprint density at radius 3 is 2.53 bits per heavy atom. The largest absolute Gasteiger partial charge is 0.320 e. The maximum atomic E-state index is 12.4. The predicted molar refractivity (Wildman–Crippen MR) is 79.7 cm³/mol. The quantitative estimate of drug-likeness (QED) is 0.766. The number of nitrogens with one attached hydrogen (secondary N) is 1. The van der Waals surface area contributed by atoms with Crippen LogP contribution in [0.25, 0.3) is 0 Å². The van der Waals surface area contributed by atoms with E-state index in [0.29, 0.717) is 12.2 Å². The van der Waals surface area contributed by atoms with E-state index in [9.17, 15) is 8.42 Å². The van der Waals surface area contributed by atoms with Gasteiger partial charge >= 0.3 is 10.2 Å². The summed E-state index contributed by atoms with van der Waals surface area (Å²) in [6.07, 6.45) is 0.786. The number of aryl methyl sites for hydroxylation is 1. The summed E-state index contributed by atoms with van der Waals surface area (Å²) in [7, 11) is 1.59. The van der Waals surface area contributed by atoms with Gasteiger partial charge in [-0.15, -0.1) is 0 Å². The van der Waals surface area contributed by atoms with Gasteiger partial charge in [0.1, 0.15) is 0 Å². The molecule has 6 heteroatoms. The molecule has 0 saturated heterocycles. The van der Waals surface area contributed by atoms with Gasteiger partial charge in [-0.25, -0.2) is 0 Å². The third-order valence-corrected chi connectivity index (χ3v) is 4.88. The summed E-state index contributed by atoms with van der Waals surface area (Å²) >= 11 is 0. The standard InChI is InChI=1S/C13H23N3O2S/c1-12-7-5-8-13(11-12)16(4)19(17,18)15(3)10-6-9-14-2/h5,7-8,11,14H,6,9-10H2,1-4H3. The number of rotatable bonds is 7. The Bertz CT molecular complexity index is 502. The molecule has 0 atom stereocenters. The first-order valence-electron chi connectivity index (χ1n) is 6.31. The molecule has 0 amide bonds. The molecule has 0 aliphatic rings. The number of benzene rings is 1. The molecule has 19 heavy (non-hydrogen) atoms. The summed E-state index contributed by atoms with van der Waals surface area (Å²) in [5, 5.41) is 3.01. The van der Waals surface area contributed by atoms with Crippen molar-refractivity contribution in [1.82, 2.24) is 9.62 Å². The van der Waals surface area contributed by atoms with Crippen LogP contribution in [0.2, 0.25) is 0 Å². The lowest BCUT2D eigenvalue weighted by Gasteiger charge is -2.26. The maximum Gasteiger partial charge on any atom is 0.303 e. The van der Waals surface area contributed by atoms with Crippen LogP contribution in [0.15, 0.2) is 24.3 Å². The van der Waals surface area contributed by atoms with Crippen LogP contribution < -0.4 is 9.62 Å². The molecular weight excluding hydrogens is 262 g/mol. The second-order valence-electron chi connectivity index (χ2n) is 4.59. The van der Waals surface area contributed by atoms with Crippen LogP contribution in [0.1, 0.15) is 12.0 Å². The molecule has 1 N–H and O–H groups in total. The fourth-order valence-electron chi connectivity index (χ4n) is 1.76. The topological polar surface area (TPSA) is 52.7 Å². The highest BCUT2D eigenvalue weighted by Gasteiger charge is 2.23. The molecule has 1 aromatic rings. The van der Waals surface area contributed by atoms with Crippen LogP contribution in [0, 0.1) is 6.92 Å². The van der Waals surface area contributed by atoms with E-state index in [0.717, 1.165) is 18.5 Å². The minimum atomic E-state index is -3.45. The van der Waals surface area contributed by atoms with Crippen molar-refractivity contribution < 1.29 is 8.42 Å². The number of hydrogen-bond acceptors (Lipinski definition) is 3. The van der Waals surface area contributed by atoms with Gasteiger partial charge in [0, 0.05) is 20.6 Å². The lowest BCUT2D eigenvalue weighted by atomic mass is 10.2. The van der Waals surface area contributed by atoms with Crippen molar-refractivity contribution >= 4 is 15.9 Å². The number of nitrogens with zero attached hydrogens (tertiary/aromatic N) is 2. The lowest BCUT2D eigenvalue weighted by molar-refractivity contribution is 0.457. The molecule has 108 valence electrons. The van der Waals surface area contributed by atoms with Crippen molar-refractivity contribution in [3.8, 4) is 0 Å².